The minimum atomic E-state index is 0.0170. The third-order valence-corrected chi connectivity index (χ3v) is 1.88. The fraction of sp³-hybridized carbons (Fsp3) is 0. The summed E-state index contributed by atoms with van der Waals surface area (Å²) in [5.74, 6) is 0.177. The molecule has 74 valence electrons. The van der Waals surface area contributed by atoms with E-state index in [0.29, 0.717) is 0 Å². The molecule has 1 aromatic rings. The molecule has 0 aliphatic carbocycles. The van der Waals surface area contributed by atoms with Crippen molar-refractivity contribution in [2.75, 3.05) is 0 Å². The van der Waals surface area contributed by atoms with Gasteiger partial charge in [-0.15, -0.1) is 4.99 Å². The van der Waals surface area contributed by atoms with Crippen LogP contribution >= 0.6 is 15.9 Å². The Hall–Kier alpha value is -1.56. The van der Waals surface area contributed by atoms with E-state index in [1.165, 1.54) is 0 Å². The van der Waals surface area contributed by atoms with Crippen molar-refractivity contribution in [1.29, 1.82) is 0 Å². The van der Waals surface area contributed by atoms with Gasteiger partial charge in [-0.25, -0.2) is 4.99 Å². The molecule has 0 aliphatic heterocycles. The number of nitrogens with zero attached hydrogens (tertiary/aromatic N) is 1. The summed E-state index contributed by atoms with van der Waals surface area (Å²) in [4.78, 5) is 6.52. The van der Waals surface area contributed by atoms with E-state index >= 15 is 0 Å². The third-order valence-electron chi connectivity index (χ3n) is 1.35. The van der Waals surface area contributed by atoms with Crippen LogP contribution in [-0.2, 0) is 0 Å². The highest BCUT2D eigenvalue weighted by Gasteiger charge is 1.96. The van der Waals surface area contributed by atoms with Crippen molar-refractivity contribution in [2.24, 2.45) is 22.2 Å². The van der Waals surface area contributed by atoms with Gasteiger partial charge in [0.1, 0.15) is 5.69 Å². The van der Waals surface area contributed by atoms with E-state index in [2.05, 4.69) is 25.9 Å². The van der Waals surface area contributed by atoms with Crippen LogP contribution in [-0.4, -0.2) is 11.9 Å². The maximum absolute atomic E-state index is 5.49. The lowest BCUT2D eigenvalue weighted by atomic mass is 10.3. The number of guanidine groups is 2. The first-order valence-corrected chi connectivity index (χ1v) is 4.62. The summed E-state index contributed by atoms with van der Waals surface area (Å²) < 4.78 is 0.980. The Balaban J connectivity index is 2.87. The molecule has 0 aromatic heterocycles. The van der Waals surface area contributed by atoms with E-state index < -0.39 is 0 Å². The smallest absolute Gasteiger partial charge is 0.316 e. The Kier molecular flexibility index (Phi) is 3.47. The SMILES string of the molecule is NC(=Nc1ccc(Br)cc1)[NH+]=C(N)N. The van der Waals surface area contributed by atoms with Gasteiger partial charge in [-0.05, 0) is 24.3 Å². The first-order chi connectivity index (χ1) is 6.58. The highest BCUT2D eigenvalue weighted by Crippen LogP contribution is 2.15. The molecule has 0 spiro atoms. The minimum absolute atomic E-state index is 0.0170. The number of hydrogen-bond donors (Lipinski definition) is 4. The second-order valence-electron chi connectivity index (χ2n) is 2.55. The minimum Gasteiger partial charge on any atom is -0.323 e. The van der Waals surface area contributed by atoms with Crippen LogP contribution in [0.5, 0.6) is 0 Å². The van der Waals surface area contributed by atoms with E-state index in [1.807, 2.05) is 24.3 Å². The lowest BCUT2D eigenvalue weighted by Gasteiger charge is -1.92. The molecule has 14 heavy (non-hydrogen) atoms. The largest absolute Gasteiger partial charge is 0.323 e. The number of nitrogens with two attached hydrogens (primary N) is 3. The van der Waals surface area contributed by atoms with Crippen LogP contribution in [0.3, 0.4) is 0 Å². The van der Waals surface area contributed by atoms with Gasteiger partial charge < -0.3 is 17.2 Å². The second kappa shape index (κ2) is 4.61. The van der Waals surface area contributed by atoms with Crippen molar-refractivity contribution in [1.82, 2.24) is 0 Å². The van der Waals surface area contributed by atoms with Crippen molar-refractivity contribution < 1.29 is 4.99 Å². The zero-order valence-electron chi connectivity index (χ0n) is 7.37. The van der Waals surface area contributed by atoms with Crippen molar-refractivity contribution in [3.8, 4) is 0 Å². The predicted molar refractivity (Wildman–Crippen MR) is 59.8 cm³/mol. The number of hydrogen-bond acceptors (Lipinski definition) is 1. The van der Waals surface area contributed by atoms with Crippen molar-refractivity contribution >= 4 is 33.5 Å². The van der Waals surface area contributed by atoms with E-state index in [-0.39, 0.29) is 11.9 Å². The van der Waals surface area contributed by atoms with Crippen LogP contribution in [0.15, 0.2) is 33.7 Å². The van der Waals surface area contributed by atoms with Gasteiger partial charge >= 0.3 is 5.96 Å². The van der Waals surface area contributed by atoms with Crippen LogP contribution in [0.2, 0.25) is 0 Å². The maximum Gasteiger partial charge on any atom is 0.316 e. The number of nitrogens with one attached hydrogen (secondary N) is 1. The van der Waals surface area contributed by atoms with Gasteiger partial charge in [-0.2, -0.15) is 0 Å². The van der Waals surface area contributed by atoms with Crippen LogP contribution in [0, 0.1) is 0 Å². The van der Waals surface area contributed by atoms with Crippen LogP contribution in [0.4, 0.5) is 5.69 Å². The van der Waals surface area contributed by atoms with Gasteiger partial charge in [0.15, 0.2) is 0 Å². The van der Waals surface area contributed by atoms with Crippen molar-refractivity contribution in [3.63, 3.8) is 0 Å². The fourth-order valence-corrected chi connectivity index (χ4v) is 1.09. The number of aliphatic imine (C=N–C) groups is 1. The standard InChI is InChI=1S/C8H10BrN5/c9-5-1-3-6(4-2-5)13-8(12)14-7(10)11/h1-4H,(H6,10,11,12,13,14)/p+1. The van der Waals surface area contributed by atoms with Gasteiger partial charge in [0.05, 0.1) is 0 Å². The Morgan fingerprint density at radius 1 is 1.14 bits per heavy atom. The molecule has 0 fully saturated rings. The topological polar surface area (TPSA) is 104 Å². The highest BCUT2D eigenvalue weighted by molar-refractivity contribution is 9.10. The van der Waals surface area contributed by atoms with Crippen LogP contribution in [0.25, 0.3) is 0 Å². The van der Waals surface area contributed by atoms with Crippen molar-refractivity contribution in [3.05, 3.63) is 28.7 Å². The lowest BCUT2D eigenvalue weighted by Crippen LogP contribution is -2.84. The normalized spacial score (nSPS) is 11.1. The molecule has 0 amide bonds. The summed E-state index contributed by atoms with van der Waals surface area (Å²) in [6.45, 7) is 0. The molecule has 0 atom stereocenters. The molecule has 7 N–H and O–H groups in total. The van der Waals surface area contributed by atoms with E-state index in [0.717, 1.165) is 10.2 Å². The second-order valence-corrected chi connectivity index (χ2v) is 3.47. The molecule has 0 saturated carbocycles. The highest BCUT2D eigenvalue weighted by atomic mass is 79.9. The summed E-state index contributed by atoms with van der Waals surface area (Å²) in [5.41, 5.74) is 16.6. The van der Waals surface area contributed by atoms with Crippen molar-refractivity contribution in [2.45, 2.75) is 0 Å². The van der Waals surface area contributed by atoms with Gasteiger partial charge in [0.25, 0.3) is 5.96 Å². The maximum atomic E-state index is 5.49. The van der Waals surface area contributed by atoms with Gasteiger partial charge in [0, 0.05) is 4.47 Å². The molecule has 1 aromatic carbocycles. The zero-order chi connectivity index (χ0) is 10.6. The number of halogens is 1. The molecular weight excluding hydrogens is 246 g/mol. The number of benzene rings is 1. The molecular formula is C8H11BrN5+. The molecule has 0 aliphatic rings. The average Bonchev–Trinajstić information content (AvgIpc) is 2.07. The molecule has 0 saturated heterocycles. The van der Waals surface area contributed by atoms with Gasteiger partial charge in [-0.1, -0.05) is 15.9 Å². The summed E-state index contributed by atoms with van der Waals surface area (Å²) in [7, 11) is 0. The summed E-state index contributed by atoms with van der Waals surface area (Å²) in [6.07, 6.45) is 0. The Bertz CT molecular complexity index is 364. The Morgan fingerprint density at radius 3 is 2.21 bits per heavy atom. The molecule has 0 heterocycles. The monoisotopic (exact) mass is 256 g/mol. The number of rotatable bonds is 1. The first kappa shape index (κ1) is 10.5. The molecule has 5 nitrogen and oxygen atoms in total. The van der Waals surface area contributed by atoms with Gasteiger partial charge in [-0.3, -0.25) is 0 Å². The van der Waals surface area contributed by atoms with Crippen LogP contribution in [0.1, 0.15) is 0 Å². The Labute approximate surface area is 89.8 Å². The van der Waals surface area contributed by atoms with E-state index in [9.17, 15) is 0 Å². The summed E-state index contributed by atoms with van der Waals surface area (Å²) >= 11 is 3.31. The predicted octanol–water partition coefficient (Wildman–Crippen LogP) is -1.25. The van der Waals surface area contributed by atoms with Crippen LogP contribution < -0.4 is 22.2 Å². The lowest BCUT2D eigenvalue weighted by molar-refractivity contribution is -0.320. The molecule has 6 heteroatoms. The van der Waals surface area contributed by atoms with Gasteiger partial charge in [0.2, 0.25) is 0 Å². The fourth-order valence-electron chi connectivity index (χ4n) is 0.831. The Morgan fingerprint density at radius 2 is 1.71 bits per heavy atom. The first-order valence-electron chi connectivity index (χ1n) is 3.82. The summed E-state index contributed by atoms with van der Waals surface area (Å²) in [6, 6.07) is 7.35. The average molecular weight is 257 g/mol. The molecule has 0 unspecified atom stereocenters. The molecule has 0 bridgehead atoms. The molecule has 1 rings (SSSR count). The van der Waals surface area contributed by atoms with E-state index in [4.69, 9.17) is 17.2 Å². The van der Waals surface area contributed by atoms with E-state index in [1.54, 1.807) is 0 Å². The summed E-state index contributed by atoms with van der Waals surface area (Å²) in [5, 5.41) is 0. The third kappa shape index (κ3) is 3.44. The zero-order valence-corrected chi connectivity index (χ0v) is 8.95. The quantitative estimate of drug-likeness (QED) is 0.373. The molecule has 0 radical (unpaired) electrons.